The topological polar surface area (TPSA) is 86.8 Å². The Kier molecular flexibility index (Phi) is 10.6. The van der Waals surface area contributed by atoms with Crippen LogP contribution in [0.4, 0.5) is 5.69 Å². The van der Waals surface area contributed by atoms with Crippen LogP contribution in [0.2, 0.25) is 15.1 Å². The van der Waals surface area contributed by atoms with Crippen molar-refractivity contribution in [2.45, 2.75) is 62.6 Å². The number of carbonyl (C=O) groups is 2. The Morgan fingerprint density at radius 1 is 0.902 bits per heavy atom. The van der Waals surface area contributed by atoms with Gasteiger partial charge in [0.25, 0.3) is 10.0 Å². The molecule has 0 aromatic heterocycles. The Balaban J connectivity index is 1.70. The van der Waals surface area contributed by atoms with E-state index in [0.717, 1.165) is 36.4 Å². The Morgan fingerprint density at radius 3 is 2.27 bits per heavy atom. The van der Waals surface area contributed by atoms with E-state index in [4.69, 9.17) is 34.8 Å². The molecule has 0 spiro atoms. The average molecular weight is 637 g/mol. The van der Waals surface area contributed by atoms with Crippen molar-refractivity contribution in [2.24, 2.45) is 0 Å². The third-order valence-electron chi connectivity index (χ3n) is 7.15. The maximum Gasteiger partial charge on any atom is 0.264 e. The quantitative estimate of drug-likeness (QED) is 0.268. The predicted octanol–water partition coefficient (Wildman–Crippen LogP) is 6.71. The van der Waals surface area contributed by atoms with Crippen LogP contribution in [0.15, 0.2) is 77.7 Å². The minimum atomic E-state index is -4.25. The van der Waals surface area contributed by atoms with Crippen LogP contribution in [-0.4, -0.2) is 43.8 Å². The molecule has 0 heterocycles. The first-order chi connectivity index (χ1) is 19.6. The Hall–Kier alpha value is -2.78. The van der Waals surface area contributed by atoms with Gasteiger partial charge in [0.15, 0.2) is 0 Å². The molecule has 1 saturated carbocycles. The number of carbonyl (C=O) groups excluding carboxylic acids is 2. The highest BCUT2D eigenvalue weighted by Gasteiger charge is 2.34. The van der Waals surface area contributed by atoms with Gasteiger partial charge in [-0.15, -0.1) is 0 Å². The molecule has 3 aromatic carbocycles. The van der Waals surface area contributed by atoms with E-state index in [-0.39, 0.29) is 39.1 Å². The fourth-order valence-corrected chi connectivity index (χ4v) is 6.99. The van der Waals surface area contributed by atoms with Crippen LogP contribution in [0.25, 0.3) is 0 Å². The second-order valence-corrected chi connectivity index (χ2v) is 13.2. The van der Waals surface area contributed by atoms with E-state index in [9.17, 15) is 18.0 Å². The number of sulfonamides is 1. The van der Waals surface area contributed by atoms with E-state index in [1.807, 2.05) is 0 Å². The van der Waals surface area contributed by atoms with Gasteiger partial charge in [-0.05, 0) is 67.8 Å². The van der Waals surface area contributed by atoms with Crippen molar-refractivity contribution in [3.05, 3.63) is 93.4 Å². The highest BCUT2D eigenvalue weighted by molar-refractivity contribution is 7.92. The van der Waals surface area contributed by atoms with Gasteiger partial charge in [0, 0.05) is 22.6 Å². The number of hydrogen-bond donors (Lipinski definition) is 1. The molecule has 41 heavy (non-hydrogen) atoms. The van der Waals surface area contributed by atoms with Crippen LogP contribution in [0.5, 0.6) is 0 Å². The Labute approximate surface area is 256 Å². The van der Waals surface area contributed by atoms with E-state index < -0.39 is 28.5 Å². The van der Waals surface area contributed by atoms with Crippen molar-refractivity contribution < 1.29 is 18.0 Å². The SMILES string of the molecule is CC(C(=O)NC1CCCCC1)N(Cc1cccc(Cl)c1)C(=O)CN(c1cc(Cl)ccc1Cl)S(=O)(=O)c1ccccc1. The van der Waals surface area contributed by atoms with Gasteiger partial charge in [0.1, 0.15) is 12.6 Å². The van der Waals surface area contributed by atoms with Gasteiger partial charge in [-0.25, -0.2) is 8.42 Å². The van der Waals surface area contributed by atoms with E-state index in [0.29, 0.717) is 10.6 Å². The molecule has 11 heteroatoms. The molecule has 0 saturated heterocycles. The van der Waals surface area contributed by atoms with Gasteiger partial charge in [0.2, 0.25) is 11.8 Å². The molecule has 218 valence electrons. The normalized spacial score (nSPS) is 14.7. The molecule has 1 atom stereocenters. The Morgan fingerprint density at radius 2 is 1.59 bits per heavy atom. The molecule has 2 amide bonds. The fraction of sp³-hybridized carbons (Fsp3) is 0.333. The molecule has 1 N–H and O–H groups in total. The lowest BCUT2D eigenvalue weighted by Gasteiger charge is -2.33. The first-order valence-electron chi connectivity index (χ1n) is 13.4. The van der Waals surface area contributed by atoms with Gasteiger partial charge in [-0.2, -0.15) is 0 Å². The minimum absolute atomic E-state index is 0.0201. The minimum Gasteiger partial charge on any atom is -0.352 e. The molecule has 0 radical (unpaired) electrons. The summed E-state index contributed by atoms with van der Waals surface area (Å²) < 4.78 is 28.7. The first-order valence-corrected chi connectivity index (χ1v) is 16.0. The van der Waals surface area contributed by atoms with E-state index in [1.54, 1.807) is 49.4 Å². The zero-order chi connectivity index (χ0) is 29.6. The Bertz CT molecular complexity index is 1480. The second kappa shape index (κ2) is 13.9. The maximum atomic E-state index is 14.1. The summed E-state index contributed by atoms with van der Waals surface area (Å²) in [5, 5.41) is 3.91. The van der Waals surface area contributed by atoms with Crippen molar-refractivity contribution in [1.82, 2.24) is 10.2 Å². The van der Waals surface area contributed by atoms with Crippen molar-refractivity contribution in [1.29, 1.82) is 0 Å². The molecule has 1 aliphatic carbocycles. The number of amides is 2. The first kappa shape index (κ1) is 31.2. The van der Waals surface area contributed by atoms with Crippen LogP contribution in [0, 0.1) is 0 Å². The van der Waals surface area contributed by atoms with Crippen LogP contribution < -0.4 is 9.62 Å². The smallest absolute Gasteiger partial charge is 0.264 e. The lowest BCUT2D eigenvalue weighted by molar-refractivity contribution is -0.139. The van der Waals surface area contributed by atoms with Crippen LogP contribution in [0.3, 0.4) is 0 Å². The van der Waals surface area contributed by atoms with Gasteiger partial charge in [-0.1, -0.05) is 84.4 Å². The number of nitrogens with one attached hydrogen (secondary N) is 1. The van der Waals surface area contributed by atoms with Gasteiger partial charge < -0.3 is 10.2 Å². The number of hydrogen-bond acceptors (Lipinski definition) is 4. The maximum absolute atomic E-state index is 14.1. The lowest BCUT2D eigenvalue weighted by Crippen LogP contribution is -2.53. The summed E-state index contributed by atoms with van der Waals surface area (Å²) in [6.07, 6.45) is 4.99. The summed E-state index contributed by atoms with van der Waals surface area (Å²) in [5.74, 6) is -0.891. The molecule has 1 unspecified atom stereocenters. The molecular weight excluding hydrogens is 605 g/mol. The largest absolute Gasteiger partial charge is 0.352 e. The number of anilines is 1. The van der Waals surface area contributed by atoms with E-state index in [1.165, 1.54) is 35.2 Å². The number of nitrogens with zero attached hydrogens (tertiary/aromatic N) is 2. The van der Waals surface area contributed by atoms with Crippen LogP contribution in [-0.2, 0) is 26.2 Å². The van der Waals surface area contributed by atoms with E-state index >= 15 is 0 Å². The molecule has 4 rings (SSSR count). The van der Waals surface area contributed by atoms with Crippen molar-refractivity contribution in [3.8, 4) is 0 Å². The summed E-state index contributed by atoms with van der Waals surface area (Å²) in [6.45, 7) is 1.07. The van der Waals surface area contributed by atoms with Crippen LogP contribution in [0.1, 0.15) is 44.6 Å². The molecule has 1 aliphatic rings. The fourth-order valence-electron chi connectivity index (χ4n) is 4.89. The summed E-state index contributed by atoms with van der Waals surface area (Å²) in [4.78, 5) is 28.8. The summed E-state index contributed by atoms with van der Waals surface area (Å²) in [6, 6.07) is 18.3. The summed E-state index contributed by atoms with van der Waals surface area (Å²) in [7, 11) is -4.25. The standard InChI is InChI=1S/C30H32Cl3N3O4S/c1-21(30(38)34-25-11-4-2-5-12-25)35(19-22-9-8-10-23(31)17-22)29(37)20-36(28-18-24(32)15-16-27(28)33)41(39,40)26-13-6-3-7-14-26/h3,6-10,13-18,21,25H,2,4-5,11-12,19-20H2,1H3,(H,34,38). The van der Waals surface area contributed by atoms with E-state index in [2.05, 4.69) is 5.32 Å². The number of benzene rings is 3. The molecule has 0 bridgehead atoms. The molecule has 3 aromatic rings. The second-order valence-electron chi connectivity index (χ2n) is 10.1. The molecular formula is C30H32Cl3N3O4S. The summed E-state index contributed by atoms with van der Waals surface area (Å²) >= 11 is 18.9. The zero-order valence-electron chi connectivity index (χ0n) is 22.6. The average Bonchev–Trinajstić information content (AvgIpc) is 2.96. The monoisotopic (exact) mass is 635 g/mol. The van der Waals surface area contributed by atoms with Gasteiger partial charge in [-0.3, -0.25) is 13.9 Å². The summed E-state index contributed by atoms with van der Waals surface area (Å²) in [5.41, 5.74) is 0.750. The third kappa shape index (κ3) is 7.95. The lowest BCUT2D eigenvalue weighted by atomic mass is 9.95. The van der Waals surface area contributed by atoms with Crippen molar-refractivity contribution >= 4 is 62.3 Å². The van der Waals surface area contributed by atoms with Gasteiger partial charge in [0.05, 0.1) is 15.6 Å². The molecule has 1 fully saturated rings. The van der Waals surface area contributed by atoms with Crippen molar-refractivity contribution in [2.75, 3.05) is 10.8 Å². The highest BCUT2D eigenvalue weighted by Crippen LogP contribution is 2.33. The van der Waals surface area contributed by atoms with Crippen molar-refractivity contribution in [3.63, 3.8) is 0 Å². The highest BCUT2D eigenvalue weighted by atomic mass is 35.5. The predicted molar refractivity (Wildman–Crippen MR) is 164 cm³/mol. The van der Waals surface area contributed by atoms with Crippen LogP contribution >= 0.6 is 34.8 Å². The number of halogens is 3. The van der Waals surface area contributed by atoms with Gasteiger partial charge >= 0.3 is 0 Å². The zero-order valence-corrected chi connectivity index (χ0v) is 25.7. The third-order valence-corrected chi connectivity index (χ3v) is 9.71. The molecule has 7 nitrogen and oxygen atoms in total. The molecule has 0 aliphatic heterocycles. The number of rotatable bonds is 10.